The second-order valence-electron chi connectivity index (χ2n) is 13.9. The van der Waals surface area contributed by atoms with Crippen LogP contribution < -0.4 is 4.74 Å². The van der Waals surface area contributed by atoms with Gasteiger partial charge in [-0.2, -0.15) is 0 Å². The van der Waals surface area contributed by atoms with Crippen LogP contribution in [0.15, 0.2) is 36.5 Å². The van der Waals surface area contributed by atoms with Gasteiger partial charge in [0.1, 0.15) is 11.6 Å². The first-order valence-electron chi connectivity index (χ1n) is 16.3. The zero-order valence-electron chi connectivity index (χ0n) is 27.6. The summed E-state index contributed by atoms with van der Waals surface area (Å²) in [6.45, 7) is 14.2. The fourth-order valence-electron chi connectivity index (χ4n) is 6.35. The van der Waals surface area contributed by atoms with Crippen LogP contribution in [0, 0.1) is 5.92 Å². The van der Waals surface area contributed by atoms with E-state index in [-0.39, 0.29) is 24.1 Å². The second-order valence-corrected chi connectivity index (χ2v) is 13.9. The van der Waals surface area contributed by atoms with Crippen LogP contribution in [0.4, 0.5) is 9.59 Å². The van der Waals surface area contributed by atoms with E-state index >= 15 is 0 Å². The maximum absolute atomic E-state index is 13.7. The monoisotopic (exact) mass is 620 g/mol. The first kappa shape index (κ1) is 32.6. The van der Waals surface area contributed by atoms with E-state index in [4.69, 9.17) is 14.2 Å². The predicted octanol–water partition coefficient (Wildman–Crippen LogP) is 6.06. The number of benzene rings is 1. The highest BCUT2D eigenvalue weighted by Gasteiger charge is 2.41. The van der Waals surface area contributed by atoms with Crippen molar-refractivity contribution in [3.63, 3.8) is 0 Å². The molecule has 0 aliphatic carbocycles. The van der Waals surface area contributed by atoms with Gasteiger partial charge in [0, 0.05) is 49.9 Å². The van der Waals surface area contributed by atoms with Crippen LogP contribution in [-0.4, -0.2) is 87.8 Å². The molecule has 2 saturated heterocycles. The number of piperidine rings is 1. The average Bonchev–Trinajstić information content (AvgIpc) is 3.43. The van der Waals surface area contributed by atoms with Gasteiger partial charge in [0.2, 0.25) is 11.8 Å². The van der Waals surface area contributed by atoms with E-state index in [0.29, 0.717) is 44.5 Å². The predicted molar refractivity (Wildman–Crippen MR) is 171 cm³/mol. The third-order valence-corrected chi connectivity index (χ3v) is 8.83. The van der Waals surface area contributed by atoms with Gasteiger partial charge < -0.3 is 24.0 Å². The molecule has 45 heavy (non-hydrogen) atoms. The Kier molecular flexibility index (Phi) is 9.89. The van der Waals surface area contributed by atoms with Crippen molar-refractivity contribution in [2.75, 3.05) is 26.2 Å². The molecule has 3 aliphatic heterocycles. The number of fused-ring (bicyclic) bond motifs is 1. The molecule has 0 saturated carbocycles. The summed E-state index contributed by atoms with van der Waals surface area (Å²) in [5, 5.41) is 0. The summed E-state index contributed by atoms with van der Waals surface area (Å²) in [6.07, 6.45) is 5.14. The second kappa shape index (κ2) is 13.7. The highest BCUT2D eigenvalue weighted by Crippen LogP contribution is 2.32. The molecule has 2 aromatic rings. The van der Waals surface area contributed by atoms with E-state index in [1.54, 1.807) is 16.0 Å². The van der Waals surface area contributed by atoms with Crippen molar-refractivity contribution in [1.29, 1.82) is 0 Å². The summed E-state index contributed by atoms with van der Waals surface area (Å²) in [6, 6.07) is 9.66. The summed E-state index contributed by atoms with van der Waals surface area (Å²) in [4.78, 5) is 49.1. The first-order chi connectivity index (χ1) is 21.4. The minimum atomic E-state index is -0.665. The Morgan fingerprint density at radius 1 is 0.933 bits per heavy atom. The molecule has 3 amide bonds. The standard InChI is InChI=1S/C35H48N4O6/c1-23(2)44-33(41)37-16-13-25(14-17-37)22-43-31-12-11-28(20-36-31)26-9-10-27-19-30(32(40)38-15-7-8-24(38)3)39(21-29(27)18-26)34(42)45-35(4,5)6/h9-12,18,20,23-25,30H,7-8,13-17,19,21-22H2,1-6H3. The van der Waals surface area contributed by atoms with Gasteiger partial charge in [-0.3, -0.25) is 9.69 Å². The molecule has 0 N–H and O–H groups in total. The van der Waals surface area contributed by atoms with E-state index in [0.717, 1.165) is 54.5 Å². The Morgan fingerprint density at radius 3 is 2.29 bits per heavy atom. The van der Waals surface area contributed by atoms with E-state index in [9.17, 15) is 14.4 Å². The van der Waals surface area contributed by atoms with Gasteiger partial charge in [0.05, 0.1) is 19.3 Å². The fourth-order valence-corrected chi connectivity index (χ4v) is 6.35. The van der Waals surface area contributed by atoms with Crippen LogP contribution in [-0.2, 0) is 27.2 Å². The Bertz CT molecular complexity index is 1360. The molecule has 1 aromatic heterocycles. The molecule has 10 nitrogen and oxygen atoms in total. The first-order valence-corrected chi connectivity index (χ1v) is 16.3. The molecule has 4 heterocycles. The lowest BCUT2D eigenvalue weighted by Gasteiger charge is -2.39. The molecule has 2 unspecified atom stereocenters. The molecular weight excluding hydrogens is 572 g/mol. The van der Waals surface area contributed by atoms with E-state index in [1.807, 2.05) is 51.7 Å². The number of pyridine rings is 1. The molecule has 3 aliphatic rings. The number of ether oxygens (including phenoxy) is 3. The molecule has 2 fully saturated rings. The zero-order chi connectivity index (χ0) is 32.3. The lowest BCUT2D eigenvalue weighted by molar-refractivity contribution is -0.138. The third kappa shape index (κ3) is 8.07. The molecule has 1 aromatic carbocycles. The van der Waals surface area contributed by atoms with Crippen molar-refractivity contribution < 1.29 is 28.6 Å². The highest BCUT2D eigenvalue weighted by molar-refractivity contribution is 5.87. The van der Waals surface area contributed by atoms with Gasteiger partial charge in [0.15, 0.2) is 0 Å². The van der Waals surface area contributed by atoms with E-state index in [2.05, 4.69) is 30.1 Å². The number of carbonyl (C=O) groups excluding carboxylic acids is 3. The topological polar surface area (TPSA) is 102 Å². The number of aromatic nitrogens is 1. The van der Waals surface area contributed by atoms with Gasteiger partial charge in [0.25, 0.3) is 0 Å². The summed E-state index contributed by atoms with van der Waals surface area (Å²) in [5.74, 6) is 0.916. The average molecular weight is 621 g/mol. The van der Waals surface area contributed by atoms with Crippen LogP contribution in [0.3, 0.4) is 0 Å². The smallest absolute Gasteiger partial charge is 0.411 e. The van der Waals surface area contributed by atoms with Crippen molar-refractivity contribution in [3.05, 3.63) is 47.7 Å². The Labute approximate surface area is 267 Å². The number of hydrogen-bond acceptors (Lipinski definition) is 7. The lowest BCUT2D eigenvalue weighted by Crippen LogP contribution is -2.55. The highest BCUT2D eigenvalue weighted by atomic mass is 16.6. The number of nitrogens with zero attached hydrogens (tertiary/aromatic N) is 4. The van der Waals surface area contributed by atoms with Gasteiger partial charge in [-0.25, -0.2) is 14.6 Å². The number of hydrogen-bond donors (Lipinski definition) is 0. The lowest BCUT2D eigenvalue weighted by atomic mass is 9.90. The maximum atomic E-state index is 13.7. The van der Waals surface area contributed by atoms with Crippen molar-refractivity contribution in [1.82, 2.24) is 19.7 Å². The molecule has 10 heteroatoms. The molecule has 0 spiro atoms. The van der Waals surface area contributed by atoms with E-state index in [1.165, 1.54) is 0 Å². The normalized spacial score (nSPS) is 20.6. The Morgan fingerprint density at radius 2 is 1.67 bits per heavy atom. The summed E-state index contributed by atoms with van der Waals surface area (Å²) >= 11 is 0. The van der Waals surface area contributed by atoms with Gasteiger partial charge in [-0.1, -0.05) is 12.1 Å². The molecule has 244 valence electrons. The minimum absolute atomic E-state index is 0.000408. The number of rotatable bonds is 6. The van der Waals surface area contributed by atoms with E-state index < -0.39 is 17.7 Å². The Hall–Kier alpha value is -3.82. The van der Waals surface area contributed by atoms with Crippen LogP contribution in [0.2, 0.25) is 0 Å². The van der Waals surface area contributed by atoms with Crippen LogP contribution in [0.1, 0.15) is 78.4 Å². The largest absolute Gasteiger partial charge is 0.477 e. The van der Waals surface area contributed by atoms with Crippen molar-refractivity contribution >= 4 is 18.1 Å². The SMILES string of the molecule is CC(C)OC(=O)N1CCC(COc2ccc(-c3ccc4c(c3)CN(C(=O)OC(C)(C)C)C(C(=O)N3CCCC3C)C4)cn2)CC1. The quantitative estimate of drug-likeness (QED) is 0.387. The molecule has 2 atom stereocenters. The Balaban J connectivity index is 1.23. The molecular formula is C35H48N4O6. The van der Waals surface area contributed by atoms with Crippen LogP contribution in [0.5, 0.6) is 5.88 Å². The maximum Gasteiger partial charge on any atom is 0.411 e. The zero-order valence-corrected chi connectivity index (χ0v) is 27.6. The van der Waals surface area contributed by atoms with Crippen LogP contribution in [0.25, 0.3) is 11.1 Å². The van der Waals surface area contributed by atoms with Gasteiger partial charge >= 0.3 is 12.2 Å². The number of amides is 3. The van der Waals surface area contributed by atoms with Crippen LogP contribution >= 0.6 is 0 Å². The minimum Gasteiger partial charge on any atom is -0.477 e. The molecule has 0 bridgehead atoms. The van der Waals surface area contributed by atoms with Gasteiger partial charge in [-0.05, 0) is 102 Å². The summed E-state index contributed by atoms with van der Waals surface area (Å²) in [5.41, 5.74) is 3.33. The summed E-state index contributed by atoms with van der Waals surface area (Å²) in [7, 11) is 0. The van der Waals surface area contributed by atoms with Crippen molar-refractivity contribution in [2.24, 2.45) is 5.92 Å². The van der Waals surface area contributed by atoms with Crippen molar-refractivity contribution in [2.45, 2.75) is 104 Å². The molecule has 5 rings (SSSR count). The number of likely N-dealkylation sites (tertiary alicyclic amines) is 2. The third-order valence-electron chi connectivity index (χ3n) is 8.83. The number of carbonyl (C=O) groups is 3. The molecule has 0 radical (unpaired) electrons. The fraction of sp³-hybridized carbons (Fsp3) is 0.600. The van der Waals surface area contributed by atoms with Gasteiger partial charge in [-0.15, -0.1) is 0 Å². The van der Waals surface area contributed by atoms with Crippen molar-refractivity contribution in [3.8, 4) is 17.0 Å². The summed E-state index contributed by atoms with van der Waals surface area (Å²) < 4.78 is 17.1.